The molecule has 2 rings (SSSR count). The predicted molar refractivity (Wildman–Crippen MR) is 74.9 cm³/mol. The normalized spacial score (nSPS) is 28.8. The fraction of sp³-hybridized carbons (Fsp3) is 0.875. The van der Waals surface area contributed by atoms with Crippen LogP contribution < -0.4 is 0 Å². The molecule has 2 aliphatic carbocycles. The van der Waals surface area contributed by atoms with Gasteiger partial charge in [0.15, 0.2) is 6.61 Å². The zero-order valence-electron chi connectivity index (χ0n) is 13.0. The topological polar surface area (TPSA) is 52.6 Å². The molecule has 114 valence electrons. The summed E-state index contributed by atoms with van der Waals surface area (Å²) >= 11 is 0. The van der Waals surface area contributed by atoms with Crippen LogP contribution in [-0.4, -0.2) is 24.6 Å². The molecule has 2 fully saturated rings. The molecule has 2 saturated carbocycles. The van der Waals surface area contributed by atoms with Crippen molar-refractivity contribution in [1.82, 2.24) is 0 Å². The van der Waals surface area contributed by atoms with Crippen LogP contribution in [0.4, 0.5) is 0 Å². The largest absolute Gasteiger partial charge is 0.460 e. The Morgan fingerprint density at radius 1 is 1.20 bits per heavy atom. The van der Waals surface area contributed by atoms with Gasteiger partial charge in [0.05, 0.1) is 5.41 Å². The van der Waals surface area contributed by atoms with E-state index in [9.17, 15) is 9.59 Å². The fourth-order valence-electron chi connectivity index (χ4n) is 3.08. The highest BCUT2D eigenvalue weighted by atomic mass is 16.6. The van der Waals surface area contributed by atoms with E-state index in [0.717, 1.165) is 12.3 Å². The molecule has 20 heavy (non-hydrogen) atoms. The van der Waals surface area contributed by atoms with Gasteiger partial charge in [0, 0.05) is 0 Å². The van der Waals surface area contributed by atoms with Gasteiger partial charge in [-0.15, -0.1) is 0 Å². The molecule has 4 nitrogen and oxygen atoms in total. The Morgan fingerprint density at radius 3 is 2.40 bits per heavy atom. The van der Waals surface area contributed by atoms with Crippen molar-refractivity contribution in [3.63, 3.8) is 0 Å². The third-order valence-electron chi connectivity index (χ3n) is 5.25. The van der Waals surface area contributed by atoms with E-state index in [2.05, 4.69) is 0 Å². The lowest BCUT2D eigenvalue weighted by atomic mass is 9.81. The van der Waals surface area contributed by atoms with E-state index >= 15 is 0 Å². The third-order valence-corrected chi connectivity index (χ3v) is 5.25. The van der Waals surface area contributed by atoms with Crippen LogP contribution in [0, 0.1) is 23.2 Å². The summed E-state index contributed by atoms with van der Waals surface area (Å²) in [6.07, 6.45) is 4.68. The summed E-state index contributed by atoms with van der Waals surface area (Å²) in [5.41, 5.74) is -0.577. The molecule has 3 atom stereocenters. The number of hydrogen-bond acceptors (Lipinski definition) is 4. The molecule has 0 saturated heterocycles. The van der Waals surface area contributed by atoms with Crippen LogP contribution in [0.5, 0.6) is 0 Å². The molecule has 0 radical (unpaired) electrons. The number of fused-ring (bicyclic) bond motifs is 2. The van der Waals surface area contributed by atoms with Gasteiger partial charge in [-0.1, -0.05) is 13.8 Å². The monoisotopic (exact) mass is 282 g/mol. The first-order valence-corrected chi connectivity index (χ1v) is 7.67. The molecule has 4 heteroatoms. The van der Waals surface area contributed by atoms with Crippen LogP contribution in [0.25, 0.3) is 0 Å². The fourth-order valence-corrected chi connectivity index (χ4v) is 3.08. The van der Waals surface area contributed by atoms with Gasteiger partial charge in [-0.05, 0) is 57.3 Å². The summed E-state index contributed by atoms with van der Waals surface area (Å²) in [6.45, 7) is 7.34. The third kappa shape index (κ3) is 3.15. The average Bonchev–Trinajstić information content (AvgIpc) is 2.97. The van der Waals surface area contributed by atoms with E-state index in [1.54, 1.807) is 0 Å². The highest BCUT2D eigenvalue weighted by Gasteiger charge is 2.42. The molecule has 0 aliphatic heterocycles. The Bertz CT molecular complexity index is 386. The lowest BCUT2D eigenvalue weighted by Gasteiger charge is -2.26. The van der Waals surface area contributed by atoms with Crippen LogP contribution >= 0.6 is 0 Å². The number of ether oxygens (including phenoxy) is 2. The van der Waals surface area contributed by atoms with Crippen LogP contribution in [-0.2, 0) is 19.1 Å². The minimum atomic E-state index is -0.577. The molecule has 0 spiro atoms. The Labute approximate surface area is 121 Å². The molecule has 3 unspecified atom stereocenters. The van der Waals surface area contributed by atoms with Crippen molar-refractivity contribution in [1.29, 1.82) is 0 Å². The molecular weight excluding hydrogens is 256 g/mol. The first-order valence-electron chi connectivity index (χ1n) is 7.67. The van der Waals surface area contributed by atoms with Crippen LogP contribution in [0.15, 0.2) is 0 Å². The number of carbonyl (C=O) groups is 2. The van der Waals surface area contributed by atoms with Gasteiger partial charge in [-0.3, -0.25) is 4.79 Å². The predicted octanol–water partition coefficient (Wildman–Crippen LogP) is 2.94. The van der Waals surface area contributed by atoms with Crippen LogP contribution in [0.3, 0.4) is 0 Å². The maximum atomic E-state index is 11.9. The van der Waals surface area contributed by atoms with Gasteiger partial charge < -0.3 is 9.47 Å². The summed E-state index contributed by atoms with van der Waals surface area (Å²) in [5.74, 6) is 0.691. The molecule has 0 amide bonds. The maximum absolute atomic E-state index is 11.9. The Hall–Kier alpha value is -1.06. The van der Waals surface area contributed by atoms with Gasteiger partial charge >= 0.3 is 11.9 Å². The molecule has 0 heterocycles. The Kier molecular flexibility index (Phi) is 4.40. The highest BCUT2D eigenvalue weighted by Crippen LogP contribution is 2.45. The van der Waals surface area contributed by atoms with Gasteiger partial charge in [0.25, 0.3) is 0 Å². The Balaban J connectivity index is 1.74. The first-order chi connectivity index (χ1) is 9.30. The highest BCUT2D eigenvalue weighted by molar-refractivity contribution is 5.80. The molecule has 0 aromatic heterocycles. The first kappa shape index (κ1) is 15.3. The van der Waals surface area contributed by atoms with Gasteiger partial charge in [-0.25, -0.2) is 4.79 Å². The van der Waals surface area contributed by atoms with Gasteiger partial charge in [0.1, 0.15) is 6.10 Å². The van der Waals surface area contributed by atoms with Crippen molar-refractivity contribution in [2.75, 3.05) is 6.61 Å². The second-order valence-electron chi connectivity index (χ2n) is 7.16. The molecule has 2 aliphatic rings. The summed E-state index contributed by atoms with van der Waals surface area (Å²) in [7, 11) is 0. The van der Waals surface area contributed by atoms with Crippen molar-refractivity contribution in [2.45, 2.75) is 59.5 Å². The van der Waals surface area contributed by atoms with Crippen LogP contribution in [0.2, 0.25) is 0 Å². The van der Waals surface area contributed by atoms with E-state index in [-0.39, 0.29) is 24.6 Å². The number of hydrogen-bond donors (Lipinski definition) is 0. The van der Waals surface area contributed by atoms with Crippen LogP contribution in [0.1, 0.15) is 53.4 Å². The lowest BCUT2D eigenvalue weighted by Crippen LogP contribution is -2.34. The van der Waals surface area contributed by atoms with Crippen molar-refractivity contribution in [3.05, 3.63) is 0 Å². The number of esters is 2. The standard InChI is InChI=1S/C16H26O4/c1-10(2)16(3,4)15(18)19-9-14(17)20-13-8-11-5-6-12(13)7-11/h10-13H,5-9H2,1-4H3. The minimum Gasteiger partial charge on any atom is -0.460 e. The summed E-state index contributed by atoms with van der Waals surface area (Å²) < 4.78 is 10.6. The minimum absolute atomic E-state index is 0.0538. The van der Waals surface area contributed by atoms with E-state index in [1.165, 1.54) is 19.3 Å². The lowest BCUT2D eigenvalue weighted by molar-refractivity contribution is -0.169. The van der Waals surface area contributed by atoms with Crippen molar-refractivity contribution in [3.8, 4) is 0 Å². The summed E-state index contributed by atoms with van der Waals surface area (Å²) in [5, 5.41) is 0. The zero-order chi connectivity index (χ0) is 14.9. The Morgan fingerprint density at radius 2 is 1.90 bits per heavy atom. The molecule has 2 bridgehead atoms. The van der Waals surface area contributed by atoms with Gasteiger partial charge in [0.2, 0.25) is 0 Å². The van der Waals surface area contributed by atoms with Gasteiger partial charge in [-0.2, -0.15) is 0 Å². The summed E-state index contributed by atoms with van der Waals surface area (Å²) in [6, 6.07) is 0. The quantitative estimate of drug-likeness (QED) is 0.727. The van der Waals surface area contributed by atoms with E-state index < -0.39 is 11.4 Å². The van der Waals surface area contributed by atoms with Crippen molar-refractivity contribution in [2.24, 2.45) is 23.2 Å². The van der Waals surface area contributed by atoms with Crippen molar-refractivity contribution < 1.29 is 19.1 Å². The smallest absolute Gasteiger partial charge is 0.344 e. The average molecular weight is 282 g/mol. The zero-order valence-corrected chi connectivity index (χ0v) is 13.0. The van der Waals surface area contributed by atoms with E-state index in [0.29, 0.717) is 5.92 Å². The molecule has 0 aromatic rings. The molecule has 0 N–H and O–H groups in total. The second-order valence-corrected chi connectivity index (χ2v) is 7.16. The second kappa shape index (κ2) is 5.74. The maximum Gasteiger partial charge on any atom is 0.344 e. The number of rotatable bonds is 5. The summed E-state index contributed by atoms with van der Waals surface area (Å²) in [4.78, 5) is 23.7. The number of carbonyl (C=O) groups excluding carboxylic acids is 2. The van der Waals surface area contributed by atoms with E-state index in [1.807, 2.05) is 27.7 Å². The SMILES string of the molecule is CC(C)C(C)(C)C(=O)OCC(=O)OC1CC2CCC1C2. The molecular formula is C16H26O4. The van der Waals surface area contributed by atoms with Crippen molar-refractivity contribution >= 4 is 11.9 Å². The van der Waals surface area contributed by atoms with E-state index in [4.69, 9.17) is 9.47 Å². The molecule has 0 aromatic carbocycles.